The van der Waals surface area contributed by atoms with E-state index in [1.807, 2.05) is 31.2 Å². The highest BCUT2D eigenvalue weighted by Crippen LogP contribution is 2.38. The third-order valence-electron chi connectivity index (χ3n) is 4.58. The summed E-state index contributed by atoms with van der Waals surface area (Å²) in [5, 5.41) is 4.72. The second-order valence-corrected chi connectivity index (χ2v) is 7.04. The average Bonchev–Trinajstić information content (AvgIpc) is 2.66. The van der Waals surface area contributed by atoms with Crippen LogP contribution in [-0.2, 0) is 0 Å². The molecular weight excluding hydrogens is 371 g/mol. The van der Waals surface area contributed by atoms with Gasteiger partial charge >= 0.3 is 0 Å². The molecule has 6 heteroatoms. The molecule has 1 aliphatic rings. The van der Waals surface area contributed by atoms with Gasteiger partial charge in [-0.25, -0.2) is 0 Å². The summed E-state index contributed by atoms with van der Waals surface area (Å²) >= 11 is 12.7. The Morgan fingerprint density at radius 3 is 2.50 bits per heavy atom. The Hall–Kier alpha value is -1.46. The molecule has 1 atom stereocenters. The Bertz CT molecular complexity index is 749. The predicted octanol–water partition coefficient (Wildman–Crippen LogP) is 4.40. The summed E-state index contributed by atoms with van der Waals surface area (Å²) in [6.45, 7) is 6.36. The molecule has 0 spiro atoms. The van der Waals surface area contributed by atoms with Gasteiger partial charge in [0.15, 0.2) is 11.5 Å². The fourth-order valence-corrected chi connectivity index (χ4v) is 3.89. The molecule has 26 heavy (non-hydrogen) atoms. The highest BCUT2D eigenvalue weighted by molar-refractivity contribution is 6.35. The number of halogens is 2. The van der Waals surface area contributed by atoms with Crippen molar-refractivity contribution in [1.82, 2.24) is 10.2 Å². The standard InChI is InChI=1S/C20H24Cl2N2O2/c1-3-26-18-7-4-14(12-19(18)25-2)20(24-10-8-23-9-11-24)16-6-5-15(21)13-17(16)22/h4-7,12-13,20,23H,3,8-11H2,1-2H3. The Balaban J connectivity index is 2.05. The van der Waals surface area contributed by atoms with Crippen LogP contribution in [-0.4, -0.2) is 44.8 Å². The van der Waals surface area contributed by atoms with E-state index in [0.29, 0.717) is 16.7 Å². The number of hydrogen-bond donors (Lipinski definition) is 1. The third-order valence-corrected chi connectivity index (χ3v) is 5.14. The molecule has 2 aromatic rings. The third kappa shape index (κ3) is 4.26. The van der Waals surface area contributed by atoms with Gasteiger partial charge in [-0.1, -0.05) is 35.3 Å². The van der Waals surface area contributed by atoms with Crippen LogP contribution in [0.15, 0.2) is 36.4 Å². The van der Waals surface area contributed by atoms with Gasteiger partial charge in [0.25, 0.3) is 0 Å². The number of benzene rings is 2. The van der Waals surface area contributed by atoms with Gasteiger partial charge in [0.05, 0.1) is 19.8 Å². The van der Waals surface area contributed by atoms with E-state index < -0.39 is 0 Å². The highest BCUT2D eigenvalue weighted by Gasteiger charge is 2.26. The molecule has 1 aliphatic heterocycles. The number of ether oxygens (including phenoxy) is 2. The largest absolute Gasteiger partial charge is 0.493 e. The van der Waals surface area contributed by atoms with Gasteiger partial charge in [-0.2, -0.15) is 0 Å². The van der Waals surface area contributed by atoms with Crippen LogP contribution in [0, 0.1) is 0 Å². The van der Waals surface area contributed by atoms with Crippen molar-refractivity contribution in [2.75, 3.05) is 39.9 Å². The fourth-order valence-electron chi connectivity index (χ4n) is 3.38. The number of methoxy groups -OCH3 is 1. The fraction of sp³-hybridized carbons (Fsp3) is 0.400. The number of rotatable bonds is 6. The van der Waals surface area contributed by atoms with E-state index in [4.69, 9.17) is 32.7 Å². The second-order valence-electron chi connectivity index (χ2n) is 6.20. The van der Waals surface area contributed by atoms with Crippen molar-refractivity contribution in [2.24, 2.45) is 0 Å². The van der Waals surface area contributed by atoms with Crippen LogP contribution in [0.4, 0.5) is 0 Å². The van der Waals surface area contributed by atoms with E-state index in [9.17, 15) is 0 Å². The van der Waals surface area contributed by atoms with Gasteiger partial charge in [0.2, 0.25) is 0 Å². The van der Waals surface area contributed by atoms with E-state index in [2.05, 4.69) is 16.3 Å². The topological polar surface area (TPSA) is 33.7 Å². The lowest BCUT2D eigenvalue weighted by Gasteiger charge is -2.36. The Morgan fingerprint density at radius 1 is 1.08 bits per heavy atom. The number of nitrogens with one attached hydrogen (secondary N) is 1. The zero-order valence-corrected chi connectivity index (χ0v) is 16.6. The molecule has 0 radical (unpaired) electrons. The van der Waals surface area contributed by atoms with Crippen molar-refractivity contribution < 1.29 is 9.47 Å². The van der Waals surface area contributed by atoms with Crippen molar-refractivity contribution in [2.45, 2.75) is 13.0 Å². The van der Waals surface area contributed by atoms with Gasteiger partial charge in [-0.05, 0) is 42.3 Å². The molecule has 0 saturated carbocycles. The molecule has 0 aliphatic carbocycles. The smallest absolute Gasteiger partial charge is 0.161 e. The van der Waals surface area contributed by atoms with Crippen molar-refractivity contribution in [3.05, 3.63) is 57.6 Å². The lowest BCUT2D eigenvalue weighted by atomic mass is 9.96. The minimum absolute atomic E-state index is 0.0337. The molecule has 0 amide bonds. The van der Waals surface area contributed by atoms with E-state index in [0.717, 1.165) is 48.8 Å². The zero-order chi connectivity index (χ0) is 18.5. The number of hydrogen-bond acceptors (Lipinski definition) is 4. The first-order chi connectivity index (χ1) is 12.6. The number of piperazine rings is 1. The predicted molar refractivity (Wildman–Crippen MR) is 107 cm³/mol. The van der Waals surface area contributed by atoms with Gasteiger partial charge in [0, 0.05) is 36.2 Å². The van der Waals surface area contributed by atoms with Crippen molar-refractivity contribution >= 4 is 23.2 Å². The van der Waals surface area contributed by atoms with E-state index in [1.54, 1.807) is 13.2 Å². The van der Waals surface area contributed by atoms with Gasteiger partial charge in [-0.15, -0.1) is 0 Å². The van der Waals surface area contributed by atoms with Crippen LogP contribution >= 0.6 is 23.2 Å². The first-order valence-electron chi connectivity index (χ1n) is 8.84. The molecule has 3 rings (SSSR count). The summed E-state index contributed by atoms with van der Waals surface area (Å²) in [6, 6.07) is 11.8. The van der Waals surface area contributed by atoms with E-state index in [1.165, 1.54) is 0 Å². The Labute approximate surface area is 165 Å². The monoisotopic (exact) mass is 394 g/mol. The number of nitrogens with zero attached hydrogens (tertiary/aromatic N) is 1. The summed E-state index contributed by atoms with van der Waals surface area (Å²) < 4.78 is 11.2. The lowest BCUT2D eigenvalue weighted by Crippen LogP contribution is -2.45. The van der Waals surface area contributed by atoms with Gasteiger partial charge < -0.3 is 14.8 Å². The molecule has 1 fully saturated rings. The molecule has 1 saturated heterocycles. The first-order valence-corrected chi connectivity index (χ1v) is 9.60. The molecule has 1 unspecified atom stereocenters. The molecule has 0 bridgehead atoms. The van der Waals surface area contributed by atoms with Crippen LogP contribution < -0.4 is 14.8 Å². The van der Waals surface area contributed by atoms with E-state index in [-0.39, 0.29) is 6.04 Å². The Kier molecular flexibility index (Phi) is 6.65. The van der Waals surface area contributed by atoms with Gasteiger partial charge in [-0.3, -0.25) is 4.90 Å². The van der Waals surface area contributed by atoms with Crippen LogP contribution in [0.2, 0.25) is 10.0 Å². The molecule has 140 valence electrons. The molecule has 4 nitrogen and oxygen atoms in total. The maximum Gasteiger partial charge on any atom is 0.161 e. The minimum atomic E-state index is 0.0337. The SMILES string of the molecule is CCOc1ccc(C(c2ccc(Cl)cc2Cl)N2CCNCC2)cc1OC. The molecular formula is C20H24Cl2N2O2. The quantitative estimate of drug-likeness (QED) is 0.787. The molecule has 2 aromatic carbocycles. The highest BCUT2D eigenvalue weighted by atomic mass is 35.5. The van der Waals surface area contributed by atoms with Crippen molar-refractivity contribution in [1.29, 1.82) is 0 Å². The maximum atomic E-state index is 6.57. The summed E-state index contributed by atoms with van der Waals surface area (Å²) in [5.41, 5.74) is 2.17. The summed E-state index contributed by atoms with van der Waals surface area (Å²) in [5.74, 6) is 1.48. The Morgan fingerprint density at radius 2 is 1.85 bits per heavy atom. The van der Waals surface area contributed by atoms with E-state index >= 15 is 0 Å². The average molecular weight is 395 g/mol. The molecule has 1 N–H and O–H groups in total. The molecule has 1 heterocycles. The summed E-state index contributed by atoms with van der Waals surface area (Å²) in [6.07, 6.45) is 0. The van der Waals surface area contributed by atoms with Crippen LogP contribution in [0.1, 0.15) is 24.1 Å². The summed E-state index contributed by atoms with van der Waals surface area (Å²) in [4.78, 5) is 2.43. The van der Waals surface area contributed by atoms with Crippen molar-refractivity contribution in [3.8, 4) is 11.5 Å². The van der Waals surface area contributed by atoms with Crippen LogP contribution in [0.3, 0.4) is 0 Å². The normalized spacial score (nSPS) is 16.3. The lowest BCUT2D eigenvalue weighted by molar-refractivity contribution is 0.198. The van der Waals surface area contributed by atoms with Gasteiger partial charge in [0.1, 0.15) is 0 Å². The van der Waals surface area contributed by atoms with Crippen LogP contribution in [0.25, 0.3) is 0 Å². The minimum Gasteiger partial charge on any atom is -0.493 e. The first kappa shape index (κ1) is 19.3. The van der Waals surface area contributed by atoms with Crippen molar-refractivity contribution in [3.63, 3.8) is 0 Å². The summed E-state index contributed by atoms with van der Waals surface area (Å²) in [7, 11) is 1.66. The molecule has 0 aromatic heterocycles. The zero-order valence-electron chi connectivity index (χ0n) is 15.1. The second kappa shape index (κ2) is 8.96. The van der Waals surface area contributed by atoms with Crippen LogP contribution in [0.5, 0.6) is 11.5 Å². The maximum absolute atomic E-state index is 6.57.